The molecule has 2 saturated carbocycles. The molecule has 11 heavy (non-hydrogen) atoms. The van der Waals surface area contributed by atoms with Gasteiger partial charge in [-0.3, -0.25) is 0 Å². The second-order valence-corrected chi connectivity index (χ2v) is 4.35. The Hall–Kier alpha value is -0.0800. The molecule has 4 atom stereocenters. The minimum Gasteiger partial charge on any atom is -0.396 e. The highest BCUT2D eigenvalue weighted by atomic mass is 16.3. The van der Waals surface area contributed by atoms with E-state index in [-0.39, 0.29) is 18.1 Å². The lowest BCUT2D eigenvalue weighted by molar-refractivity contribution is 0.0553. The van der Waals surface area contributed by atoms with Crippen molar-refractivity contribution in [3.63, 3.8) is 0 Å². The second kappa shape index (κ2) is 2.20. The van der Waals surface area contributed by atoms with Crippen LogP contribution in [0, 0.1) is 17.3 Å². The molecule has 0 aliphatic heterocycles. The zero-order valence-corrected chi connectivity index (χ0v) is 6.95. The van der Waals surface area contributed by atoms with Crippen molar-refractivity contribution in [3.05, 3.63) is 0 Å². The van der Waals surface area contributed by atoms with Gasteiger partial charge < -0.3 is 10.2 Å². The Kier molecular flexibility index (Phi) is 1.52. The van der Waals surface area contributed by atoms with Crippen molar-refractivity contribution in [1.82, 2.24) is 0 Å². The third-order valence-electron chi connectivity index (χ3n) is 3.94. The van der Waals surface area contributed by atoms with Gasteiger partial charge in [-0.25, -0.2) is 0 Å². The van der Waals surface area contributed by atoms with Crippen LogP contribution in [0.15, 0.2) is 0 Å². The highest BCUT2D eigenvalue weighted by Crippen LogP contribution is 2.57. The van der Waals surface area contributed by atoms with Crippen LogP contribution < -0.4 is 0 Å². The Balaban J connectivity index is 2.24. The zero-order valence-electron chi connectivity index (χ0n) is 6.95. The summed E-state index contributed by atoms with van der Waals surface area (Å²) in [5.74, 6) is 0.949. The molecular formula is C9H16O2. The van der Waals surface area contributed by atoms with Crippen molar-refractivity contribution in [2.75, 3.05) is 6.61 Å². The standard InChI is InChI=1S/C9H16O2/c1-9(5-10)6-2-3-7(9)8(11)4-6/h6-8,10-11H,2-5H2,1H3/t6-,7-,8-,9?/m0/s1. The van der Waals surface area contributed by atoms with E-state index in [0.29, 0.717) is 11.8 Å². The maximum atomic E-state index is 9.57. The van der Waals surface area contributed by atoms with Gasteiger partial charge in [0.15, 0.2) is 0 Å². The average Bonchev–Trinajstić information content (AvgIpc) is 2.42. The molecule has 2 bridgehead atoms. The number of fused-ring (bicyclic) bond motifs is 2. The Bertz CT molecular complexity index is 169. The van der Waals surface area contributed by atoms with Crippen molar-refractivity contribution < 1.29 is 10.2 Å². The molecule has 1 unspecified atom stereocenters. The van der Waals surface area contributed by atoms with Crippen LogP contribution in [0.5, 0.6) is 0 Å². The number of aliphatic hydroxyl groups is 2. The fourth-order valence-corrected chi connectivity index (χ4v) is 3.06. The molecule has 0 aromatic rings. The van der Waals surface area contributed by atoms with Gasteiger partial charge >= 0.3 is 0 Å². The third-order valence-corrected chi connectivity index (χ3v) is 3.94. The van der Waals surface area contributed by atoms with E-state index in [1.54, 1.807) is 0 Å². The summed E-state index contributed by atoms with van der Waals surface area (Å²) in [7, 11) is 0. The number of hydrogen-bond donors (Lipinski definition) is 2. The number of hydrogen-bond acceptors (Lipinski definition) is 2. The van der Waals surface area contributed by atoms with Gasteiger partial charge in [0.25, 0.3) is 0 Å². The molecule has 2 aliphatic carbocycles. The van der Waals surface area contributed by atoms with Crippen LogP contribution >= 0.6 is 0 Å². The normalized spacial score (nSPS) is 55.4. The lowest BCUT2D eigenvalue weighted by Crippen LogP contribution is -2.29. The van der Waals surface area contributed by atoms with E-state index in [1.807, 2.05) is 0 Å². The fourth-order valence-electron chi connectivity index (χ4n) is 3.06. The fraction of sp³-hybridized carbons (Fsp3) is 1.00. The maximum Gasteiger partial charge on any atom is 0.0577 e. The minimum absolute atomic E-state index is 0.0411. The van der Waals surface area contributed by atoms with Gasteiger partial charge in [-0.1, -0.05) is 6.92 Å². The van der Waals surface area contributed by atoms with Gasteiger partial charge in [-0.05, 0) is 36.5 Å². The average molecular weight is 156 g/mol. The lowest BCUT2D eigenvalue weighted by atomic mass is 9.80. The molecule has 2 N–H and O–H groups in total. The van der Waals surface area contributed by atoms with E-state index < -0.39 is 0 Å². The molecular weight excluding hydrogens is 140 g/mol. The van der Waals surface area contributed by atoms with Crippen LogP contribution in [0.3, 0.4) is 0 Å². The predicted octanol–water partition coefficient (Wildman–Crippen LogP) is 0.776. The summed E-state index contributed by atoms with van der Waals surface area (Å²) in [4.78, 5) is 0. The molecule has 0 radical (unpaired) electrons. The van der Waals surface area contributed by atoms with E-state index in [1.165, 1.54) is 6.42 Å². The maximum absolute atomic E-state index is 9.57. The summed E-state index contributed by atoms with van der Waals surface area (Å²) < 4.78 is 0. The first-order valence-corrected chi connectivity index (χ1v) is 4.47. The van der Waals surface area contributed by atoms with Gasteiger partial charge in [0, 0.05) is 6.61 Å². The van der Waals surface area contributed by atoms with Crippen LogP contribution in [0.1, 0.15) is 26.2 Å². The van der Waals surface area contributed by atoms with E-state index in [4.69, 9.17) is 0 Å². The van der Waals surface area contributed by atoms with Crippen molar-refractivity contribution in [2.24, 2.45) is 17.3 Å². The topological polar surface area (TPSA) is 40.5 Å². The lowest BCUT2D eigenvalue weighted by Gasteiger charge is -2.27. The molecule has 0 aromatic heterocycles. The van der Waals surface area contributed by atoms with E-state index >= 15 is 0 Å². The van der Waals surface area contributed by atoms with Crippen LogP contribution in [0.4, 0.5) is 0 Å². The Labute approximate surface area is 67.2 Å². The third kappa shape index (κ3) is 0.798. The number of aliphatic hydroxyl groups excluding tert-OH is 2. The Morgan fingerprint density at radius 2 is 2.18 bits per heavy atom. The summed E-state index contributed by atoms with van der Waals surface area (Å²) >= 11 is 0. The van der Waals surface area contributed by atoms with Crippen LogP contribution in [-0.4, -0.2) is 22.9 Å². The molecule has 0 spiro atoms. The zero-order chi connectivity index (χ0) is 8.06. The van der Waals surface area contributed by atoms with Crippen LogP contribution in [-0.2, 0) is 0 Å². The molecule has 0 amide bonds. The first kappa shape index (κ1) is 7.56. The molecule has 2 fully saturated rings. The van der Waals surface area contributed by atoms with Gasteiger partial charge in [0.1, 0.15) is 0 Å². The van der Waals surface area contributed by atoms with Crippen molar-refractivity contribution in [1.29, 1.82) is 0 Å². The van der Waals surface area contributed by atoms with E-state index in [0.717, 1.165) is 12.8 Å². The van der Waals surface area contributed by atoms with Gasteiger partial charge in [-0.15, -0.1) is 0 Å². The Morgan fingerprint density at radius 1 is 1.45 bits per heavy atom. The smallest absolute Gasteiger partial charge is 0.0577 e. The number of rotatable bonds is 1. The van der Waals surface area contributed by atoms with Crippen LogP contribution in [0.25, 0.3) is 0 Å². The molecule has 0 saturated heterocycles. The molecule has 2 rings (SSSR count). The van der Waals surface area contributed by atoms with Gasteiger partial charge in [0.2, 0.25) is 0 Å². The van der Waals surface area contributed by atoms with Crippen molar-refractivity contribution in [2.45, 2.75) is 32.3 Å². The highest BCUT2D eigenvalue weighted by Gasteiger charge is 2.55. The van der Waals surface area contributed by atoms with E-state index in [9.17, 15) is 10.2 Å². The molecule has 0 aromatic carbocycles. The Morgan fingerprint density at radius 3 is 2.45 bits per heavy atom. The summed E-state index contributed by atoms with van der Waals surface area (Å²) in [6.45, 7) is 2.37. The SMILES string of the molecule is CC1(CO)[C@H]2CC[C@H]1[C@@H](O)C2. The van der Waals surface area contributed by atoms with Gasteiger partial charge in [-0.2, -0.15) is 0 Å². The van der Waals surface area contributed by atoms with Crippen LogP contribution in [0.2, 0.25) is 0 Å². The summed E-state index contributed by atoms with van der Waals surface area (Å²) in [5, 5.41) is 18.8. The summed E-state index contributed by atoms with van der Waals surface area (Å²) in [6, 6.07) is 0. The molecule has 0 heterocycles. The van der Waals surface area contributed by atoms with E-state index in [2.05, 4.69) is 6.92 Å². The first-order valence-electron chi connectivity index (χ1n) is 4.47. The molecule has 2 aliphatic rings. The van der Waals surface area contributed by atoms with Crippen molar-refractivity contribution >= 4 is 0 Å². The highest BCUT2D eigenvalue weighted by molar-refractivity contribution is 5.04. The summed E-state index contributed by atoms with van der Waals surface area (Å²) in [6.07, 6.45) is 3.11. The minimum atomic E-state index is -0.133. The summed E-state index contributed by atoms with van der Waals surface area (Å²) in [5.41, 5.74) is 0.0411. The molecule has 64 valence electrons. The first-order chi connectivity index (χ1) is 5.18. The predicted molar refractivity (Wildman–Crippen MR) is 42.0 cm³/mol. The van der Waals surface area contributed by atoms with Gasteiger partial charge in [0.05, 0.1) is 6.10 Å². The molecule has 2 heteroatoms. The largest absolute Gasteiger partial charge is 0.396 e. The quantitative estimate of drug-likeness (QED) is 0.589. The van der Waals surface area contributed by atoms with Crippen molar-refractivity contribution in [3.8, 4) is 0 Å². The second-order valence-electron chi connectivity index (χ2n) is 4.35. The molecule has 2 nitrogen and oxygen atoms in total. The monoisotopic (exact) mass is 156 g/mol.